The molecule has 4 rings (SSSR count). The SMILES string of the molecule is CC(C)(C)S(C)(C)N[SH](=O)(NC(=O)Nc1c2c(cc3c1CCC3)CCC2)c1ccc(N=S(C)(C)=O)s1. The van der Waals surface area contributed by atoms with Gasteiger partial charge in [-0.2, -0.15) is 14.6 Å². The number of nitrogens with zero attached hydrogens (tertiary/aromatic N) is 1. The molecule has 0 saturated carbocycles. The molecule has 0 unspecified atom stereocenters. The fourth-order valence-electron chi connectivity index (χ4n) is 4.59. The van der Waals surface area contributed by atoms with Crippen LogP contribution >= 0.6 is 21.6 Å². The first-order valence-electron chi connectivity index (χ1n) is 12.2. The van der Waals surface area contributed by atoms with Crippen LogP contribution in [0.5, 0.6) is 0 Å². The fourth-order valence-corrected chi connectivity index (χ4v) is 12.5. The summed E-state index contributed by atoms with van der Waals surface area (Å²) >= 11 is 1.21. The number of anilines is 1. The third kappa shape index (κ3) is 5.85. The molecule has 7 nitrogen and oxygen atoms in total. The number of fused-ring (bicyclic) bond motifs is 2. The highest BCUT2D eigenvalue weighted by molar-refractivity contribution is 8.37. The van der Waals surface area contributed by atoms with Gasteiger partial charge in [0.15, 0.2) is 0 Å². The first-order chi connectivity index (χ1) is 16.6. The van der Waals surface area contributed by atoms with E-state index >= 15 is 0 Å². The summed E-state index contributed by atoms with van der Waals surface area (Å²) in [4.78, 5) is 13.5. The molecule has 2 aliphatic carbocycles. The van der Waals surface area contributed by atoms with Crippen LogP contribution < -0.4 is 14.2 Å². The van der Waals surface area contributed by atoms with Gasteiger partial charge in [-0.15, -0.1) is 11.3 Å². The van der Waals surface area contributed by atoms with E-state index in [1.54, 1.807) is 24.6 Å². The van der Waals surface area contributed by atoms with E-state index in [0.29, 0.717) is 9.21 Å². The molecule has 2 aromatic rings. The molecule has 1 aromatic carbocycles. The summed E-state index contributed by atoms with van der Waals surface area (Å²) in [5, 5.41) is 3.65. The molecular formula is C25H40N4O3S4. The van der Waals surface area contributed by atoms with Crippen LogP contribution in [0.15, 0.2) is 26.8 Å². The van der Waals surface area contributed by atoms with Crippen molar-refractivity contribution in [1.29, 1.82) is 0 Å². The second-order valence-electron chi connectivity index (χ2n) is 11.3. The highest BCUT2D eigenvalue weighted by Gasteiger charge is 2.35. The molecule has 202 valence electrons. The van der Waals surface area contributed by atoms with Gasteiger partial charge in [-0.3, -0.25) is 4.72 Å². The van der Waals surface area contributed by atoms with E-state index in [-0.39, 0.29) is 4.75 Å². The lowest BCUT2D eigenvalue weighted by atomic mass is 9.99. The summed E-state index contributed by atoms with van der Waals surface area (Å²) in [5.74, 6) is 0. The standard InChI is InChI=1S/C25H40N4O3S4/c1-25(2,3)34(4,5)29-36(32,22-15-14-21(33-22)27-35(6,7)31)28-24(30)26-23-19-12-8-10-17(19)16-18-11-9-13-20(18)23/h14-16,36H,8-13H2,1-7H3,(H3,26,28,29,30,32). The van der Waals surface area contributed by atoms with E-state index in [4.69, 9.17) is 0 Å². The van der Waals surface area contributed by atoms with Crippen molar-refractivity contribution in [2.45, 2.75) is 68.3 Å². The van der Waals surface area contributed by atoms with Gasteiger partial charge in [-0.25, -0.2) is 17.3 Å². The molecule has 0 spiro atoms. The number of aryl methyl sites for hydroxylation is 2. The molecule has 11 heteroatoms. The maximum absolute atomic E-state index is 14.6. The van der Waals surface area contributed by atoms with E-state index < -0.39 is 36.3 Å². The highest BCUT2D eigenvalue weighted by Crippen LogP contribution is 2.51. The second-order valence-corrected chi connectivity index (χ2v) is 21.8. The van der Waals surface area contributed by atoms with Crippen molar-refractivity contribution in [3.05, 3.63) is 40.5 Å². The molecule has 2 aliphatic rings. The monoisotopic (exact) mass is 572 g/mol. The van der Waals surface area contributed by atoms with Crippen molar-refractivity contribution < 1.29 is 13.2 Å². The smallest absolute Gasteiger partial charge is 0.307 e. The third-order valence-corrected chi connectivity index (χ3v) is 16.8. The van der Waals surface area contributed by atoms with Gasteiger partial charge in [0.2, 0.25) is 0 Å². The summed E-state index contributed by atoms with van der Waals surface area (Å²) in [6, 6.07) is 5.30. The molecule has 0 fully saturated rings. The van der Waals surface area contributed by atoms with E-state index in [9.17, 15) is 13.2 Å². The van der Waals surface area contributed by atoms with Gasteiger partial charge >= 0.3 is 6.03 Å². The summed E-state index contributed by atoms with van der Waals surface area (Å²) in [5.41, 5.74) is 6.04. The number of benzene rings is 1. The average Bonchev–Trinajstić information content (AvgIpc) is 3.45. The lowest BCUT2D eigenvalue weighted by molar-refractivity contribution is 0.256. The zero-order chi connectivity index (χ0) is 26.5. The molecular weight excluding hydrogens is 533 g/mol. The zero-order valence-electron chi connectivity index (χ0n) is 22.3. The van der Waals surface area contributed by atoms with E-state index in [0.717, 1.165) is 44.2 Å². The maximum Gasteiger partial charge on any atom is 0.330 e. The van der Waals surface area contributed by atoms with Gasteiger partial charge < -0.3 is 5.32 Å². The molecule has 2 amide bonds. The molecule has 0 bridgehead atoms. The van der Waals surface area contributed by atoms with Crippen LogP contribution in [0.25, 0.3) is 0 Å². The molecule has 3 N–H and O–H groups in total. The number of rotatable bonds is 6. The average molecular weight is 573 g/mol. The number of hydrogen-bond donors (Lipinski definition) is 4. The fraction of sp³-hybridized carbons (Fsp3) is 0.560. The number of thiophene rings is 1. The van der Waals surface area contributed by atoms with Crippen molar-refractivity contribution in [3.63, 3.8) is 0 Å². The van der Waals surface area contributed by atoms with Crippen LogP contribution in [0, 0.1) is 0 Å². The van der Waals surface area contributed by atoms with Gasteiger partial charge in [-0.1, -0.05) is 26.8 Å². The Morgan fingerprint density at radius 2 is 1.58 bits per heavy atom. The quantitative estimate of drug-likeness (QED) is 0.345. The molecule has 0 atom stereocenters. The van der Waals surface area contributed by atoms with Gasteiger partial charge in [0, 0.05) is 43.0 Å². The normalized spacial score (nSPS) is 16.9. The van der Waals surface area contributed by atoms with Gasteiger partial charge in [0.1, 0.15) is 5.00 Å². The van der Waals surface area contributed by atoms with Crippen LogP contribution in [-0.4, -0.2) is 44.2 Å². The molecule has 36 heavy (non-hydrogen) atoms. The van der Waals surface area contributed by atoms with Crippen molar-refractivity contribution >= 4 is 58.3 Å². The molecule has 1 heterocycles. The Labute approximate surface area is 222 Å². The van der Waals surface area contributed by atoms with Gasteiger partial charge in [0.25, 0.3) is 0 Å². The van der Waals surface area contributed by atoms with Crippen LogP contribution in [0.1, 0.15) is 55.9 Å². The Hall–Kier alpha value is -1.40. The topological polar surface area (TPSA) is 99.7 Å². The lowest BCUT2D eigenvalue weighted by Crippen LogP contribution is -2.51. The zero-order valence-corrected chi connectivity index (χ0v) is 25.7. The Balaban J connectivity index is 1.68. The lowest BCUT2D eigenvalue weighted by Gasteiger charge is -2.48. The summed E-state index contributed by atoms with van der Waals surface area (Å²) in [7, 11) is -7.54. The predicted octanol–water partition coefficient (Wildman–Crippen LogP) is 5.48. The van der Waals surface area contributed by atoms with Crippen LogP contribution in [0.2, 0.25) is 0 Å². The van der Waals surface area contributed by atoms with E-state index in [1.807, 2.05) is 0 Å². The number of urea groups is 1. The van der Waals surface area contributed by atoms with Gasteiger partial charge in [0.05, 0.1) is 4.21 Å². The number of amides is 2. The Morgan fingerprint density at radius 3 is 2.11 bits per heavy atom. The Morgan fingerprint density at radius 1 is 1.00 bits per heavy atom. The number of thiol groups is 1. The third-order valence-electron chi connectivity index (χ3n) is 7.06. The molecule has 0 radical (unpaired) electrons. The molecule has 1 aromatic heterocycles. The Kier molecular flexibility index (Phi) is 7.46. The van der Waals surface area contributed by atoms with Gasteiger partial charge in [-0.05, 0) is 85.4 Å². The minimum absolute atomic E-state index is 0.159. The van der Waals surface area contributed by atoms with Crippen molar-refractivity contribution in [1.82, 2.24) is 8.85 Å². The van der Waals surface area contributed by atoms with Crippen LogP contribution in [0.4, 0.5) is 15.5 Å². The van der Waals surface area contributed by atoms with Crippen molar-refractivity contribution in [2.24, 2.45) is 4.36 Å². The van der Waals surface area contributed by atoms with E-state index in [2.05, 4.69) is 57.9 Å². The summed E-state index contributed by atoms with van der Waals surface area (Å²) in [6.45, 7) is 6.32. The highest BCUT2D eigenvalue weighted by atomic mass is 32.3. The first kappa shape index (κ1) is 27.6. The molecule has 0 saturated heterocycles. The minimum atomic E-state index is -3.58. The predicted molar refractivity (Wildman–Crippen MR) is 159 cm³/mol. The number of carbonyl (C=O) groups is 1. The van der Waals surface area contributed by atoms with Crippen molar-refractivity contribution in [2.75, 3.05) is 30.3 Å². The van der Waals surface area contributed by atoms with Crippen LogP contribution in [0.3, 0.4) is 0 Å². The first-order valence-corrected chi connectivity index (χ1v) is 19.5. The summed E-state index contributed by atoms with van der Waals surface area (Å²) < 4.78 is 37.6. The van der Waals surface area contributed by atoms with E-state index in [1.165, 1.54) is 33.6 Å². The largest absolute Gasteiger partial charge is 0.330 e. The second kappa shape index (κ2) is 9.72. The number of hydrogen-bond acceptors (Lipinski definition) is 5. The van der Waals surface area contributed by atoms with Crippen LogP contribution in [-0.2, 0) is 45.7 Å². The molecule has 0 aliphatic heterocycles. The summed E-state index contributed by atoms with van der Waals surface area (Å²) in [6.07, 6.45) is 13.5. The Bertz CT molecular complexity index is 1320. The maximum atomic E-state index is 14.6. The number of nitrogens with one attached hydrogen (secondary N) is 3. The number of carbonyl (C=O) groups excluding carboxylic acids is 1. The van der Waals surface area contributed by atoms with Crippen molar-refractivity contribution in [3.8, 4) is 0 Å². The minimum Gasteiger partial charge on any atom is -0.307 e.